The van der Waals surface area contributed by atoms with Gasteiger partial charge in [0, 0.05) is 0 Å². The molecule has 0 amide bonds. The maximum atomic E-state index is 10.3. The summed E-state index contributed by atoms with van der Waals surface area (Å²) in [4.78, 5) is 12.7. The summed E-state index contributed by atoms with van der Waals surface area (Å²) in [6.07, 6.45) is 0.186. The lowest BCUT2D eigenvalue weighted by Crippen LogP contribution is -2.33. The Kier molecular flexibility index (Phi) is 5.80. The van der Waals surface area contributed by atoms with Crippen LogP contribution in [-0.2, 0) is 4.74 Å². The minimum atomic E-state index is -1.23. The van der Waals surface area contributed by atoms with Gasteiger partial charge in [-0.15, -0.1) is 0 Å². The van der Waals surface area contributed by atoms with Crippen LogP contribution in [-0.4, -0.2) is 66.0 Å². The monoisotopic (exact) mass is 446 g/mol. The summed E-state index contributed by atoms with van der Waals surface area (Å²) < 4.78 is 7.07. The van der Waals surface area contributed by atoms with Gasteiger partial charge in [-0.05, 0) is 16.7 Å². The summed E-state index contributed by atoms with van der Waals surface area (Å²) in [5, 5.41) is 33.9. The Hall–Kier alpha value is -3.70. The summed E-state index contributed by atoms with van der Waals surface area (Å²) in [6, 6.07) is 18.1. The van der Waals surface area contributed by atoms with Crippen molar-refractivity contribution in [2.24, 2.45) is 5.10 Å². The molecular formula is C23H22N6O4. The quantitative estimate of drug-likeness (QED) is 0.259. The van der Waals surface area contributed by atoms with Crippen molar-refractivity contribution in [2.45, 2.75) is 24.5 Å². The zero-order valence-electron chi connectivity index (χ0n) is 17.4. The number of nitrogens with zero attached hydrogens (tertiary/aromatic N) is 5. The molecule has 4 unspecified atom stereocenters. The number of benzene rings is 2. The largest absolute Gasteiger partial charge is 0.394 e. The van der Waals surface area contributed by atoms with Gasteiger partial charge in [0.15, 0.2) is 23.2 Å². The van der Waals surface area contributed by atoms with Gasteiger partial charge >= 0.3 is 0 Å². The van der Waals surface area contributed by atoms with Crippen molar-refractivity contribution in [3.63, 3.8) is 0 Å². The molecule has 168 valence electrons. The number of nitrogens with one attached hydrogen (secondary N) is 1. The number of aliphatic hydroxyl groups excluding tert-OH is 3. The van der Waals surface area contributed by atoms with E-state index in [1.54, 1.807) is 6.21 Å². The van der Waals surface area contributed by atoms with Crippen LogP contribution < -0.4 is 5.43 Å². The van der Waals surface area contributed by atoms with Gasteiger partial charge in [-0.2, -0.15) is 5.10 Å². The molecule has 10 nitrogen and oxygen atoms in total. The maximum absolute atomic E-state index is 10.3. The number of hydrogen-bond acceptors (Lipinski definition) is 9. The molecule has 0 bridgehead atoms. The van der Waals surface area contributed by atoms with Crippen molar-refractivity contribution >= 4 is 23.2 Å². The predicted octanol–water partition coefficient (Wildman–Crippen LogP) is 1.55. The van der Waals surface area contributed by atoms with E-state index in [9.17, 15) is 15.3 Å². The molecule has 4 atom stereocenters. The number of hydrazone groups is 1. The number of aliphatic hydroxyl groups is 3. The van der Waals surface area contributed by atoms with Gasteiger partial charge in [0.1, 0.15) is 24.6 Å². The molecule has 4 aromatic rings. The number of hydrogen-bond donors (Lipinski definition) is 4. The number of rotatable bonds is 6. The van der Waals surface area contributed by atoms with Crippen molar-refractivity contribution < 1.29 is 20.1 Å². The van der Waals surface area contributed by atoms with Crippen LogP contribution in [0.4, 0.5) is 5.82 Å². The van der Waals surface area contributed by atoms with Gasteiger partial charge in [-0.3, -0.25) is 9.99 Å². The average Bonchev–Trinajstić information content (AvgIpc) is 3.41. The topological polar surface area (TPSA) is 138 Å². The summed E-state index contributed by atoms with van der Waals surface area (Å²) in [7, 11) is 0. The molecule has 1 aliphatic rings. The third-order valence-electron chi connectivity index (χ3n) is 5.55. The van der Waals surface area contributed by atoms with Crippen molar-refractivity contribution in [3.8, 4) is 11.1 Å². The Bertz CT molecular complexity index is 1260. The zero-order valence-corrected chi connectivity index (χ0v) is 17.4. The van der Waals surface area contributed by atoms with Crippen LogP contribution in [0, 0.1) is 0 Å². The van der Waals surface area contributed by atoms with Crippen LogP contribution in [0.25, 0.3) is 22.3 Å². The molecule has 10 heteroatoms. The van der Waals surface area contributed by atoms with Gasteiger partial charge in [-0.1, -0.05) is 54.6 Å². The van der Waals surface area contributed by atoms with Crippen LogP contribution in [0.5, 0.6) is 0 Å². The summed E-state index contributed by atoms with van der Waals surface area (Å²) in [5.74, 6) is 0.377. The predicted molar refractivity (Wildman–Crippen MR) is 121 cm³/mol. The van der Waals surface area contributed by atoms with E-state index in [0.29, 0.717) is 17.0 Å². The second-order valence-corrected chi connectivity index (χ2v) is 7.63. The van der Waals surface area contributed by atoms with Crippen LogP contribution in [0.2, 0.25) is 0 Å². The fourth-order valence-corrected chi connectivity index (χ4v) is 3.79. The van der Waals surface area contributed by atoms with E-state index in [-0.39, 0.29) is 0 Å². The van der Waals surface area contributed by atoms with E-state index in [1.807, 2.05) is 42.5 Å². The number of imidazole rings is 1. The highest BCUT2D eigenvalue weighted by Gasteiger charge is 2.44. The van der Waals surface area contributed by atoms with E-state index >= 15 is 0 Å². The lowest BCUT2D eigenvalue weighted by Gasteiger charge is -2.16. The smallest absolute Gasteiger partial charge is 0.177 e. The number of ether oxygens (including phenoxy) is 1. The number of anilines is 1. The molecule has 0 aliphatic carbocycles. The van der Waals surface area contributed by atoms with Crippen LogP contribution in [0.3, 0.4) is 0 Å². The first-order chi connectivity index (χ1) is 16.2. The normalized spacial score (nSPS) is 22.9. The van der Waals surface area contributed by atoms with Crippen molar-refractivity contribution in [1.82, 2.24) is 19.5 Å². The van der Waals surface area contributed by atoms with Crippen LogP contribution in [0.1, 0.15) is 11.8 Å². The number of aromatic nitrogens is 4. The SMILES string of the molecule is OCC1OC(n2cnc3c(N/N=C/c4ccc(-c5ccccc5)cc4)ncnc32)C(O)C1O. The molecule has 2 aromatic carbocycles. The molecule has 2 aromatic heterocycles. The molecule has 1 fully saturated rings. The van der Waals surface area contributed by atoms with Crippen LogP contribution in [0.15, 0.2) is 72.4 Å². The standard InChI is InChI=1S/C23H22N6O4/c30-11-17-19(31)20(32)23(33-17)29-13-26-18-21(24-12-25-22(18)29)28-27-10-14-6-8-16(9-7-14)15-4-2-1-3-5-15/h1-10,12-13,17,19-20,23,30-32H,11H2,(H,24,25,28)/b27-10+. The molecule has 33 heavy (non-hydrogen) atoms. The molecule has 0 spiro atoms. The molecule has 3 heterocycles. The van der Waals surface area contributed by atoms with E-state index in [4.69, 9.17) is 4.74 Å². The molecule has 1 aliphatic heterocycles. The van der Waals surface area contributed by atoms with Crippen LogP contribution >= 0.6 is 0 Å². The summed E-state index contributed by atoms with van der Waals surface area (Å²) >= 11 is 0. The summed E-state index contributed by atoms with van der Waals surface area (Å²) in [5.41, 5.74) is 6.86. The van der Waals surface area contributed by atoms with Gasteiger partial charge < -0.3 is 20.1 Å². The lowest BCUT2D eigenvalue weighted by atomic mass is 10.0. The maximum Gasteiger partial charge on any atom is 0.177 e. The molecule has 5 rings (SSSR count). The van der Waals surface area contributed by atoms with Gasteiger partial charge in [0.2, 0.25) is 0 Å². The Morgan fingerprint density at radius 3 is 2.45 bits per heavy atom. The minimum absolute atomic E-state index is 0.377. The van der Waals surface area contributed by atoms with Crippen molar-refractivity contribution in [1.29, 1.82) is 0 Å². The molecule has 1 saturated heterocycles. The Morgan fingerprint density at radius 1 is 0.970 bits per heavy atom. The van der Waals surface area contributed by atoms with E-state index < -0.39 is 31.1 Å². The fraction of sp³-hybridized carbons (Fsp3) is 0.217. The lowest BCUT2D eigenvalue weighted by molar-refractivity contribution is -0.0511. The molecular weight excluding hydrogens is 424 g/mol. The minimum Gasteiger partial charge on any atom is -0.394 e. The second kappa shape index (κ2) is 9.04. The summed E-state index contributed by atoms with van der Waals surface area (Å²) in [6.45, 7) is -0.413. The Labute approximate surface area is 188 Å². The van der Waals surface area contributed by atoms with Gasteiger partial charge in [-0.25, -0.2) is 15.0 Å². The fourth-order valence-electron chi connectivity index (χ4n) is 3.79. The van der Waals surface area contributed by atoms with Gasteiger partial charge in [0.05, 0.1) is 19.1 Å². The second-order valence-electron chi connectivity index (χ2n) is 7.63. The Morgan fingerprint density at radius 2 is 1.73 bits per heavy atom. The third-order valence-corrected chi connectivity index (χ3v) is 5.55. The van der Waals surface area contributed by atoms with Gasteiger partial charge in [0.25, 0.3) is 0 Å². The molecule has 4 N–H and O–H groups in total. The zero-order chi connectivity index (χ0) is 22.8. The van der Waals surface area contributed by atoms with E-state index in [0.717, 1.165) is 16.7 Å². The average molecular weight is 446 g/mol. The Balaban J connectivity index is 1.32. The van der Waals surface area contributed by atoms with E-state index in [1.165, 1.54) is 17.2 Å². The highest BCUT2D eigenvalue weighted by molar-refractivity contribution is 5.85. The number of fused-ring (bicyclic) bond motifs is 1. The first kappa shape index (κ1) is 21.2. The van der Waals surface area contributed by atoms with Crippen molar-refractivity contribution in [2.75, 3.05) is 12.0 Å². The highest BCUT2D eigenvalue weighted by Crippen LogP contribution is 2.32. The first-order valence-electron chi connectivity index (χ1n) is 10.4. The van der Waals surface area contributed by atoms with E-state index in [2.05, 4.69) is 37.6 Å². The third kappa shape index (κ3) is 4.08. The van der Waals surface area contributed by atoms with Crippen molar-refractivity contribution in [3.05, 3.63) is 72.8 Å². The molecule has 0 saturated carbocycles. The first-order valence-corrected chi connectivity index (χ1v) is 10.4. The highest BCUT2D eigenvalue weighted by atomic mass is 16.6. The molecule has 0 radical (unpaired) electrons.